The fraction of sp³-hybridized carbons (Fsp3) is 0.452. The lowest BCUT2D eigenvalue weighted by molar-refractivity contribution is -0.192. The van der Waals surface area contributed by atoms with Crippen molar-refractivity contribution in [2.75, 3.05) is 6.54 Å². The molecular formula is C31H42F3N9O5. The number of nitrogens with two attached hydrogens (primary N) is 4. The second-order valence-corrected chi connectivity index (χ2v) is 11.3. The minimum Gasteiger partial charge on any atom is -0.475 e. The minimum absolute atomic E-state index is 0.0371. The van der Waals surface area contributed by atoms with Crippen LogP contribution < -0.4 is 33.6 Å². The van der Waals surface area contributed by atoms with Gasteiger partial charge in [0, 0.05) is 24.5 Å². The van der Waals surface area contributed by atoms with Crippen LogP contribution in [0.25, 0.3) is 0 Å². The minimum atomic E-state index is -5.08. The lowest BCUT2D eigenvalue weighted by atomic mass is 9.82. The number of benzene rings is 1. The Labute approximate surface area is 275 Å². The van der Waals surface area contributed by atoms with Gasteiger partial charge in [0.15, 0.2) is 5.96 Å². The van der Waals surface area contributed by atoms with E-state index < -0.39 is 42.0 Å². The van der Waals surface area contributed by atoms with Crippen LogP contribution in [0.2, 0.25) is 0 Å². The first kappa shape index (κ1) is 39.0. The maximum absolute atomic E-state index is 13.9. The number of alkyl halides is 3. The first-order valence-corrected chi connectivity index (χ1v) is 15.2. The van der Waals surface area contributed by atoms with Crippen molar-refractivity contribution in [2.45, 2.75) is 75.5 Å². The number of hydrogen-bond acceptors (Lipinski definition) is 7. The molecule has 48 heavy (non-hydrogen) atoms. The number of guanidine groups is 1. The molecule has 1 aliphatic carbocycles. The van der Waals surface area contributed by atoms with Gasteiger partial charge >= 0.3 is 12.1 Å². The van der Waals surface area contributed by atoms with E-state index in [9.17, 15) is 27.6 Å². The molecule has 2 aromatic rings. The summed E-state index contributed by atoms with van der Waals surface area (Å²) in [4.78, 5) is 56.6. The highest BCUT2D eigenvalue weighted by Gasteiger charge is 2.38. The molecular weight excluding hydrogens is 635 g/mol. The molecule has 0 spiro atoms. The van der Waals surface area contributed by atoms with Crippen LogP contribution in [-0.2, 0) is 25.6 Å². The molecule has 1 saturated carbocycles. The maximum atomic E-state index is 13.9. The van der Waals surface area contributed by atoms with Crippen molar-refractivity contribution in [3.05, 3.63) is 65.5 Å². The number of amides is 3. The zero-order valence-corrected chi connectivity index (χ0v) is 26.2. The number of aliphatic imine (C=N–C) groups is 1. The van der Waals surface area contributed by atoms with Gasteiger partial charge in [0.05, 0.1) is 5.92 Å². The summed E-state index contributed by atoms with van der Waals surface area (Å²) in [5.74, 6) is -4.97. The van der Waals surface area contributed by atoms with E-state index in [1.807, 2.05) is 18.2 Å². The first-order valence-electron chi connectivity index (χ1n) is 15.2. The number of hydrogen-bond donors (Lipinski definition) is 8. The van der Waals surface area contributed by atoms with Crippen molar-refractivity contribution < 1.29 is 37.5 Å². The van der Waals surface area contributed by atoms with Gasteiger partial charge in [-0.05, 0) is 55.2 Å². The summed E-state index contributed by atoms with van der Waals surface area (Å²) in [6, 6.07) is 8.99. The number of halogens is 3. The number of amidine groups is 1. The molecule has 12 N–H and O–H groups in total. The van der Waals surface area contributed by atoms with Crippen LogP contribution in [0.15, 0.2) is 53.8 Å². The fourth-order valence-electron chi connectivity index (χ4n) is 5.17. The number of carboxylic acids is 1. The highest BCUT2D eigenvalue weighted by atomic mass is 19.4. The number of rotatable bonds is 14. The Morgan fingerprint density at radius 1 is 0.979 bits per heavy atom. The Kier molecular flexibility index (Phi) is 15.3. The molecule has 1 unspecified atom stereocenters. The van der Waals surface area contributed by atoms with Gasteiger partial charge in [-0.15, -0.1) is 0 Å². The van der Waals surface area contributed by atoms with Crippen molar-refractivity contribution in [3.63, 3.8) is 0 Å². The summed E-state index contributed by atoms with van der Waals surface area (Å²) in [5, 5.41) is 20.5. The molecule has 0 aliphatic heterocycles. The van der Waals surface area contributed by atoms with E-state index in [0.29, 0.717) is 30.5 Å². The van der Waals surface area contributed by atoms with Crippen LogP contribution in [0, 0.1) is 11.3 Å². The summed E-state index contributed by atoms with van der Waals surface area (Å²) >= 11 is 0. The molecule has 3 atom stereocenters. The molecule has 0 saturated heterocycles. The predicted molar refractivity (Wildman–Crippen MR) is 171 cm³/mol. The average Bonchev–Trinajstić information content (AvgIpc) is 3.04. The number of carbonyl (C=O) groups is 4. The molecule has 3 rings (SSSR count). The van der Waals surface area contributed by atoms with Gasteiger partial charge in [0.25, 0.3) is 0 Å². The maximum Gasteiger partial charge on any atom is 0.490 e. The molecule has 1 aromatic heterocycles. The summed E-state index contributed by atoms with van der Waals surface area (Å²) in [6.07, 6.45) is 3.80. The van der Waals surface area contributed by atoms with Crippen LogP contribution in [0.1, 0.15) is 67.6 Å². The van der Waals surface area contributed by atoms with Crippen molar-refractivity contribution in [3.8, 4) is 0 Å². The number of carbonyl (C=O) groups excluding carboxylic acids is 3. The normalized spacial score (nSPS) is 15.0. The smallest absolute Gasteiger partial charge is 0.475 e. The largest absolute Gasteiger partial charge is 0.490 e. The summed E-state index contributed by atoms with van der Waals surface area (Å²) in [6.45, 7) is 0.297. The highest BCUT2D eigenvalue weighted by molar-refractivity contribution is 5.95. The van der Waals surface area contributed by atoms with Gasteiger partial charge in [-0.3, -0.25) is 29.8 Å². The van der Waals surface area contributed by atoms with Crippen LogP contribution in [0.5, 0.6) is 0 Å². The molecule has 0 radical (unpaired) electrons. The van der Waals surface area contributed by atoms with Gasteiger partial charge in [-0.25, -0.2) is 4.79 Å². The Hall–Kier alpha value is -5.22. The molecule has 1 heterocycles. The zero-order chi connectivity index (χ0) is 35.9. The first-order chi connectivity index (χ1) is 22.6. The third-order valence-corrected chi connectivity index (χ3v) is 7.66. The Morgan fingerprint density at radius 3 is 2.10 bits per heavy atom. The van der Waals surface area contributed by atoms with Crippen LogP contribution in [-0.4, -0.2) is 70.4 Å². The molecule has 1 aliphatic rings. The van der Waals surface area contributed by atoms with E-state index in [2.05, 4.69) is 20.6 Å². The van der Waals surface area contributed by atoms with E-state index in [-0.39, 0.29) is 30.0 Å². The van der Waals surface area contributed by atoms with E-state index >= 15 is 0 Å². The number of primary amides is 1. The summed E-state index contributed by atoms with van der Waals surface area (Å²) in [7, 11) is 0. The number of nitrogens with zero attached hydrogens (tertiary/aromatic N) is 2. The van der Waals surface area contributed by atoms with Gasteiger partial charge in [0.2, 0.25) is 17.7 Å². The highest BCUT2D eigenvalue weighted by Crippen LogP contribution is 2.28. The van der Waals surface area contributed by atoms with Gasteiger partial charge in [-0.1, -0.05) is 49.6 Å². The van der Waals surface area contributed by atoms with Gasteiger partial charge < -0.3 is 38.7 Å². The lowest BCUT2D eigenvalue weighted by Crippen LogP contribution is -2.56. The lowest BCUT2D eigenvalue weighted by Gasteiger charge is -2.32. The number of nitrogen functional groups attached to an aromatic ring is 1. The SMILES string of the molecule is N=C(N)c1ccc(CC(C(=O)N[C@H](C(=O)N[C@@H](CCCN=C(N)N)C(N)=O)C2CCCCC2)c2cccnc2)cc1.O=C(O)C(F)(F)F. The van der Waals surface area contributed by atoms with Crippen molar-refractivity contribution in [1.29, 1.82) is 5.41 Å². The number of nitrogens with one attached hydrogen (secondary N) is 3. The van der Waals surface area contributed by atoms with Gasteiger partial charge in [0.1, 0.15) is 17.9 Å². The van der Waals surface area contributed by atoms with Gasteiger partial charge in [-0.2, -0.15) is 13.2 Å². The second kappa shape index (κ2) is 18.8. The van der Waals surface area contributed by atoms with Crippen molar-refractivity contribution in [1.82, 2.24) is 15.6 Å². The Balaban J connectivity index is 0.00000103. The molecule has 0 bridgehead atoms. The molecule has 1 aromatic carbocycles. The van der Waals surface area contributed by atoms with Crippen molar-refractivity contribution >= 4 is 35.5 Å². The predicted octanol–water partition coefficient (Wildman–Crippen LogP) is 1.41. The van der Waals surface area contributed by atoms with Crippen LogP contribution >= 0.6 is 0 Å². The molecule has 3 amide bonds. The zero-order valence-electron chi connectivity index (χ0n) is 26.2. The van der Waals surface area contributed by atoms with E-state index in [0.717, 1.165) is 37.7 Å². The summed E-state index contributed by atoms with van der Waals surface area (Å²) in [5.41, 5.74) is 24.1. The van der Waals surface area contributed by atoms with Crippen molar-refractivity contribution in [2.24, 2.45) is 33.8 Å². The second-order valence-electron chi connectivity index (χ2n) is 11.3. The van der Waals surface area contributed by atoms with Crippen LogP contribution in [0.3, 0.4) is 0 Å². The number of aliphatic carboxylic acids is 1. The monoisotopic (exact) mass is 677 g/mol. The standard InChI is InChI=1S/C29H41N9O3.C2HF3O2/c30-25(31)20-12-10-18(11-13-20)16-22(21-8-4-14-35-17-21)27(40)38-24(19-6-2-1-3-7-19)28(41)37-23(26(32)39)9-5-15-36-29(33)34;3-2(4,5)1(6)7/h4,8,10-14,17,19,22-24H,1-3,5-7,9,15-16H2,(H3,30,31)(H2,32,39)(H,37,41)(H,38,40)(H4,33,34,36);(H,6,7)/t22?,23-,24-;/m0./s1. The third-order valence-electron chi connectivity index (χ3n) is 7.66. The number of carboxylic acid groups (broad SMARTS) is 1. The third kappa shape index (κ3) is 13.3. The molecule has 262 valence electrons. The quantitative estimate of drug-likeness (QED) is 0.0815. The molecule has 17 heteroatoms. The van der Waals surface area contributed by atoms with E-state index in [4.69, 9.17) is 38.2 Å². The molecule has 14 nitrogen and oxygen atoms in total. The van der Waals surface area contributed by atoms with E-state index in [1.54, 1.807) is 30.6 Å². The Bertz CT molecular complexity index is 1410. The number of pyridine rings is 1. The average molecular weight is 678 g/mol. The summed E-state index contributed by atoms with van der Waals surface area (Å²) < 4.78 is 31.7. The van der Waals surface area contributed by atoms with Crippen LogP contribution in [0.4, 0.5) is 13.2 Å². The van der Waals surface area contributed by atoms with E-state index in [1.165, 1.54) is 0 Å². The molecule has 1 fully saturated rings. The fourth-order valence-corrected chi connectivity index (χ4v) is 5.17. The topological polar surface area (TPSA) is 266 Å². The number of aromatic nitrogens is 1. The Morgan fingerprint density at radius 2 is 1.60 bits per heavy atom.